The molecule has 2 rings (SSSR count). The van der Waals surface area contributed by atoms with Crippen LogP contribution < -0.4 is 9.47 Å². The second-order valence-corrected chi connectivity index (χ2v) is 3.49. The van der Waals surface area contributed by atoms with Crippen LogP contribution in [-0.4, -0.2) is 35.8 Å². The lowest BCUT2D eigenvalue weighted by Gasteiger charge is -1.87. The Labute approximate surface area is 114 Å². The Balaban J connectivity index is 0.000000200. The van der Waals surface area contributed by atoms with Crippen molar-refractivity contribution in [2.75, 3.05) is 14.2 Å². The first-order valence-electron chi connectivity index (χ1n) is 5.49. The Morgan fingerprint density at radius 1 is 0.900 bits per heavy atom. The van der Waals surface area contributed by atoms with Crippen LogP contribution in [0.5, 0.6) is 11.9 Å². The molecule has 0 bridgehead atoms. The highest BCUT2D eigenvalue weighted by molar-refractivity contribution is 5.89. The first-order valence-corrected chi connectivity index (χ1v) is 5.49. The molecule has 108 valence electrons. The molecule has 0 radical (unpaired) electrons. The van der Waals surface area contributed by atoms with Crippen molar-refractivity contribution in [2.45, 2.75) is 13.8 Å². The van der Waals surface area contributed by atoms with Gasteiger partial charge in [0.25, 0.3) is 11.8 Å². The van der Waals surface area contributed by atoms with E-state index in [9.17, 15) is 9.59 Å². The lowest BCUT2D eigenvalue weighted by atomic mass is 10.5. The Morgan fingerprint density at radius 3 is 1.40 bits per heavy atom. The van der Waals surface area contributed by atoms with Gasteiger partial charge in [0.2, 0.25) is 11.6 Å². The maximum atomic E-state index is 10.6. The van der Waals surface area contributed by atoms with Gasteiger partial charge in [-0.25, -0.2) is 9.97 Å². The highest BCUT2D eigenvalue weighted by Gasteiger charge is 2.07. The van der Waals surface area contributed by atoms with Crippen LogP contribution in [0.3, 0.4) is 0 Å². The zero-order valence-electron chi connectivity index (χ0n) is 11.5. The molecule has 8 heteroatoms. The summed E-state index contributed by atoms with van der Waals surface area (Å²) in [5.41, 5.74) is 0. The minimum absolute atomic E-state index is 0.0804. The zero-order chi connectivity index (χ0) is 15.1. The Bertz CT molecular complexity index is 534. The number of ketones is 2. The molecule has 2 aromatic heterocycles. The molecular formula is C12H14N2O6. The molecular weight excluding hydrogens is 268 g/mol. The molecule has 0 spiro atoms. The molecule has 0 atom stereocenters. The van der Waals surface area contributed by atoms with Crippen LogP contribution in [0.1, 0.15) is 35.2 Å². The summed E-state index contributed by atoms with van der Waals surface area (Å²) < 4.78 is 18.9. The average molecular weight is 282 g/mol. The molecule has 0 aliphatic rings. The van der Waals surface area contributed by atoms with E-state index in [1.165, 1.54) is 40.5 Å². The SMILES string of the molecule is COc1cnc(C(C)=O)o1.COc1cnc(C(C)=O)o1. The molecule has 0 amide bonds. The lowest BCUT2D eigenvalue weighted by molar-refractivity contribution is 0.0967. The molecule has 0 N–H and O–H groups in total. The van der Waals surface area contributed by atoms with Gasteiger partial charge in [0, 0.05) is 13.8 Å². The number of ether oxygens (including phenoxy) is 2. The summed E-state index contributed by atoms with van der Waals surface area (Å²) in [5.74, 6) is 0.260. The van der Waals surface area contributed by atoms with Gasteiger partial charge < -0.3 is 18.3 Å². The van der Waals surface area contributed by atoms with Crippen molar-refractivity contribution in [3.63, 3.8) is 0 Å². The molecule has 20 heavy (non-hydrogen) atoms. The van der Waals surface area contributed by atoms with Crippen molar-refractivity contribution in [1.82, 2.24) is 9.97 Å². The number of aromatic nitrogens is 2. The van der Waals surface area contributed by atoms with E-state index in [-0.39, 0.29) is 35.2 Å². The molecule has 0 aliphatic heterocycles. The highest BCUT2D eigenvalue weighted by atomic mass is 16.6. The number of hydrogen-bond acceptors (Lipinski definition) is 8. The van der Waals surface area contributed by atoms with Crippen LogP contribution in [0, 0.1) is 0 Å². The van der Waals surface area contributed by atoms with Gasteiger partial charge in [0.1, 0.15) is 12.4 Å². The molecule has 8 nitrogen and oxygen atoms in total. The third-order valence-electron chi connectivity index (χ3n) is 1.97. The molecule has 0 unspecified atom stereocenters. The van der Waals surface area contributed by atoms with Gasteiger partial charge >= 0.3 is 11.9 Å². The predicted molar refractivity (Wildman–Crippen MR) is 66.1 cm³/mol. The summed E-state index contributed by atoms with van der Waals surface area (Å²) in [6, 6.07) is 0. The van der Waals surface area contributed by atoms with Gasteiger partial charge in [-0.05, 0) is 0 Å². The highest BCUT2D eigenvalue weighted by Crippen LogP contribution is 2.11. The van der Waals surface area contributed by atoms with Crippen molar-refractivity contribution in [1.29, 1.82) is 0 Å². The van der Waals surface area contributed by atoms with Crippen molar-refractivity contribution in [2.24, 2.45) is 0 Å². The normalized spacial score (nSPS) is 9.40. The quantitative estimate of drug-likeness (QED) is 0.781. The predicted octanol–water partition coefficient (Wildman–Crippen LogP) is 1.77. The number of Topliss-reactive ketones (excluding diaryl/α,β-unsaturated/α-hetero) is 2. The number of carbonyl (C=O) groups excluding carboxylic acids is 2. The molecule has 0 saturated heterocycles. The Morgan fingerprint density at radius 2 is 1.25 bits per heavy atom. The molecule has 0 aliphatic carbocycles. The van der Waals surface area contributed by atoms with E-state index < -0.39 is 0 Å². The fourth-order valence-corrected chi connectivity index (χ4v) is 1.03. The summed E-state index contributed by atoms with van der Waals surface area (Å²) in [5, 5.41) is 0. The number of nitrogens with zero attached hydrogens (tertiary/aromatic N) is 2. The number of methoxy groups -OCH3 is 2. The van der Waals surface area contributed by atoms with Gasteiger partial charge in [0.05, 0.1) is 14.2 Å². The van der Waals surface area contributed by atoms with Crippen molar-refractivity contribution in [3.8, 4) is 11.9 Å². The number of rotatable bonds is 4. The molecule has 0 fully saturated rings. The van der Waals surface area contributed by atoms with Crippen LogP contribution in [0.2, 0.25) is 0 Å². The largest absolute Gasteiger partial charge is 0.467 e. The Kier molecular flexibility index (Phi) is 5.45. The summed E-state index contributed by atoms with van der Waals surface area (Å²) in [7, 11) is 2.90. The number of oxazole rings is 2. The van der Waals surface area contributed by atoms with Gasteiger partial charge in [-0.3, -0.25) is 9.59 Å². The summed E-state index contributed by atoms with van der Waals surface area (Å²) in [6.45, 7) is 2.76. The number of hydrogen-bond donors (Lipinski definition) is 0. The van der Waals surface area contributed by atoms with E-state index in [0.29, 0.717) is 0 Å². The van der Waals surface area contributed by atoms with Gasteiger partial charge in [-0.1, -0.05) is 0 Å². The van der Waals surface area contributed by atoms with Gasteiger partial charge in [-0.15, -0.1) is 0 Å². The molecule has 2 heterocycles. The van der Waals surface area contributed by atoms with E-state index >= 15 is 0 Å². The second kappa shape index (κ2) is 7.07. The maximum absolute atomic E-state index is 10.6. The summed E-state index contributed by atoms with van der Waals surface area (Å²) in [6.07, 6.45) is 2.72. The standard InChI is InChI=1S/2C6H7NO3/c2*1-4(8)6-7-3-5(9-2)10-6/h2*3H,1-2H3. The van der Waals surface area contributed by atoms with Crippen LogP contribution in [0.4, 0.5) is 0 Å². The number of carbonyl (C=O) groups is 2. The van der Waals surface area contributed by atoms with Crippen LogP contribution in [-0.2, 0) is 0 Å². The fraction of sp³-hybridized carbons (Fsp3) is 0.333. The molecule has 0 aromatic carbocycles. The van der Waals surface area contributed by atoms with E-state index in [0.717, 1.165) is 0 Å². The minimum Gasteiger partial charge on any atom is -0.467 e. The van der Waals surface area contributed by atoms with Gasteiger partial charge in [-0.2, -0.15) is 0 Å². The lowest BCUT2D eigenvalue weighted by Crippen LogP contribution is -1.89. The topological polar surface area (TPSA) is 105 Å². The first kappa shape index (κ1) is 15.4. The summed E-state index contributed by atoms with van der Waals surface area (Å²) >= 11 is 0. The van der Waals surface area contributed by atoms with Crippen molar-refractivity contribution < 1.29 is 27.9 Å². The maximum Gasteiger partial charge on any atom is 0.305 e. The monoisotopic (exact) mass is 282 g/mol. The van der Waals surface area contributed by atoms with E-state index in [1.807, 2.05) is 0 Å². The van der Waals surface area contributed by atoms with Gasteiger partial charge in [0.15, 0.2) is 0 Å². The van der Waals surface area contributed by atoms with E-state index in [1.54, 1.807) is 0 Å². The zero-order valence-corrected chi connectivity index (χ0v) is 11.5. The third kappa shape index (κ3) is 4.23. The minimum atomic E-state index is -0.205. The van der Waals surface area contributed by atoms with E-state index in [2.05, 4.69) is 19.4 Å². The van der Waals surface area contributed by atoms with E-state index in [4.69, 9.17) is 8.83 Å². The average Bonchev–Trinajstić information content (AvgIpc) is 3.08. The first-order chi connectivity index (χ1) is 9.47. The smallest absolute Gasteiger partial charge is 0.305 e. The second-order valence-electron chi connectivity index (χ2n) is 3.49. The fourth-order valence-electron chi connectivity index (χ4n) is 1.03. The summed E-state index contributed by atoms with van der Waals surface area (Å²) in [4.78, 5) is 28.4. The Hall–Kier alpha value is -2.64. The van der Waals surface area contributed by atoms with Crippen LogP contribution in [0.15, 0.2) is 21.2 Å². The van der Waals surface area contributed by atoms with Crippen LogP contribution >= 0.6 is 0 Å². The molecule has 0 saturated carbocycles. The van der Waals surface area contributed by atoms with Crippen LogP contribution in [0.25, 0.3) is 0 Å². The third-order valence-corrected chi connectivity index (χ3v) is 1.97. The molecule has 2 aromatic rings. The van der Waals surface area contributed by atoms with Crippen molar-refractivity contribution >= 4 is 11.6 Å². The van der Waals surface area contributed by atoms with Crippen molar-refractivity contribution in [3.05, 3.63) is 24.2 Å².